The molecule has 106 valence electrons. The van der Waals surface area contributed by atoms with E-state index in [2.05, 4.69) is 14.7 Å². The third-order valence-electron chi connectivity index (χ3n) is 3.05. The molecule has 0 fully saturated rings. The molecule has 3 rings (SSSR count). The molecule has 0 unspecified atom stereocenters. The predicted octanol–water partition coefficient (Wildman–Crippen LogP) is 3.54. The summed E-state index contributed by atoms with van der Waals surface area (Å²) >= 11 is 1.31. The molecule has 21 heavy (non-hydrogen) atoms. The molecule has 3 aromatic rings. The van der Waals surface area contributed by atoms with Gasteiger partial charge in [0.25, 0.3) is 0 Å². The monoisotopic (exact) mass is 300 g/mol. The summed E-state index contributed by atoms with van der Waals surface area (Å²) in [5.41, 5.74) is 8.79. The van der Waals surface area contributed by atoms with Gasteiger partial charge in [0.05, 0.1) is 5.56 Å². The van der Waals surface area contributed by atoms with Gasteiger partial charge in [0.15, 0.2) is 0 Å². The summed E-state index contributed by atoms with van der Waals surface area (Å²) in [4.78, 5) is 4.00. The Balaban J connectivity index is 1.82. The lowest BCUT2D eigenvalue weighted by atomic mass is 10.1. The molecular weight excluding hydrogens is 287 g/mol. The first-order chi connectivity index (χ1) is 10.2. The van der Waals surface area contributed by atoms with Crippen molar-refractivity contribution in [2.45, 2.75) is 6.54 Å². The van der Waals surface area contributed by atoms with Crippen molar-refractivity contribution >= 4 is 22.4 Å². The Morgan fingerprint density at radius 2 is 1.81 bits per heavy atom. The molecule has 2 heterocycles. The second-order valence-corrected chi connectivity index (χ2v) is 5.26. The van der Waals surface area contributed by atoms with Crippen LogP contribution in [0.2, 0.25) is 0 Å². The zero-order valence-electron chi connectivity index (χ0n) is 11.1. The van der Waals surface area contributed by atoms with Gasteiger partial charge in [-0.25, -0.2) is 4.39 Å². The number of hydrogen-bond acceptors (Lipinski definition) is 5. The van der Waals surface area contributed by atoms with Gasteiger partial charge < -0.3 is 11.1 Å². The summed E-state index contributed by atoms with van der Waals surface area (Å²) < 4.78 is 17.1. The van der Waals surface area contributed by atoms with Crippen molar-refractivity contribution in [3.8, 4) is 11.1 Å². The largest absolute Gasteiger partial charge is 0.382 e. The standard InChI is InChI=1S/C15H13FN4S/c16-12-3-1-10(2-4-12)9-19-15-13(14(17)20-21-15)11-5-7-18-8-6-11/h1-8,19H,9H2,(H2,17,20). The maximum Gasteiger partial charge on any atom is 0.147 e. The SMILES string of the molecule is Nc1nsc(NCc2ccc(F)cc2)c1-c1ccncc1. The van der Waals surface area contributed by atoms with Gasteiger partial charge >= 0.3 is 0 Å². The first kappa shape index (κ1) is 13.5. The molecule has 1 aromatic carbocycles. The molecule has 2 aromatic heterocycles. The second-order valence-electron chi connectivity index (χ2n) is 4.49. The third-order valence-corrected chi connectivity index (χ3v) is 3.87. The second kappa shape index (κ2) is 5.88. The number of nitrogens with zero attached hydrogens (tertiary/aromatic N) is 2. The molecule has 0 aliphatic carbocycles. The number of hydrogen-bond donors (Lipinski definition) is 2. The molecule has 0 aliphatic heterocycles. The van der Waals surface area contributed by atoms with Gasteiger partial charge in [-0.15, -0.1) is 0 Å². The first-order valence-corrected chi connectivity index (χ1v) is 7.15. The molecule has 4 nitrogen and oxygen atoms in total. The normalized spacial score (nSPS) is 10.5. The molecule has 0 spiro atoms. The molecule has 0 radical (unpaired) electrons. The Hall–Kier alpha value is -2.47. The molecule has 6 heteroatoms. The minimum absolute atomic E-state index is 0.238. The van der Waals surface area contributed by atoms with Crippen LogP contribution in [0.15, 0.2) is 48.8 Å². The van der Waals surface area contributed by atoms with Crippen molar-refractivity contribution in [2.24, 2.45) is 0 Å². The molecule has 3 N–H and O–H groups in total. The zero-order chi connectivity index (χ0) is 14.7. The number of pyridine rings is 1. The Kier molecular flexibility index (Phi) is 3.79. The number of rotatable bonds is 4. The highest BCUT2D eigenvalue weighted by Gasteiger charge is 2.13. The van der Waals surface area contributed by atoms with E-state index in [0.717, 1.165) is 21.7 Å². The summed E-state index contributed by atoms with van der Waals surface area (Å²) in [6, 6.07) is 10.2. The van der Waals surface area contributed by atoms with E-state index in [9.17, 15) is 4.39 Å². The Morgan fingerprint density at radius 3 is 2.52 bits per heavy atom. The van der Waals surface area contributed by atoms with Gasteiger partial charge in [0, 0.05) is 18.9 Å². The van der Waals surface area contributed by atoms with E-state index in [4.69, 9.17) is 5.73 Å². The van der Waals surface area contributed by atoms with Crippen LogP contribution in [0, 0.1) is 5.82 Å². The lowest BCUT2D eigenvalue weighted by molar-refractivity contribution is 0.627. The van der Waals surface area contributed by atoms with Crippen LogP contribution in [0.25, 0.3) is 11.1 Å². The average Bonchev–Trinajstić information content (AvgIpc) is 2.88. The van der Waals surface area contributed by atoms with Crippen LogP contribution in [0.4, 0.5) is 15.2 Å². The van der Waals surface area contributed by atoms with Crippen molar-refractivity contribution in [2.75, 3.05) is 11.1 Å². The molecule has 0 aliphatic rings. The van der Waals surface area contributed by atoms with E-state index >= 15 is 0 Å². The van der Waals surface area contributed by atoms with Crippen molar-refractivity contribution in [1.82, 2.24) is 9.36 Å². The van der Waals surface area contributed by atoms with Crippen molar-refractivity contribution in [3.63, 3.8) is 0 Å². The number of anilines is 2. The summed E-state index contributed by atoms with van der Waals surface area (Å²) in [5.74, 6) is 0.256. The fourth-order valence-corrected chi connectivity index (χ4v) is 2.74. The van der Waals surface area contributed by atoms with Gasteiger partial charge in [-0.1, -0.05) is 12.1 Å². The average molecular weight is 300 g/mol. The maximum absolute atomic E-state index is 12.9. The number of nitrogens with one attached hydrogen (secondary N) is 1. The molecule has 0 atom stereocenters. The minimum Gasteiger partial charge on any atom is -0.382 e. The van der Waals surface area contributed by atoms with E-state index in [1.807, 2.05) is 12.1 Å². The fraction of sp³-hybridized carbons (Fsp3) is 0.0667. The van der Waals surface area contributed by atoms with Gasteiger partial charge in [-0.05, 0) is 46.9 Å². The minimum atomic E-state index is -0.238. The van der Waals surface area contributed by atoms with E-state index in [1.165, 1.54) is 23.7 Å². The van der Waals surface area contributed by atoms with Crippen molar-refractivity contribution in [3.05, 3.63) is 60.2 Å². The highest BCUT2D eigenvalue weighted by Crippen LogP contribution is 2.36. The van der Waals surface area contributed by atoms with Crippen LogP contribution in [0.5, 0.6) is 0 Å². The van der Waals surface area contributed by atoms with Gasteiger partial charge in [0.1, 0.15) is 16.6 Å². The quantitative estimate of drug-likeness (QED) is 0.773. The smallest absolute Gasteiger partial charge is 0.147 e. The fourth-order valence-electron chi connectivity index (χ4n) is 2.01. The third kappa shape index (κ3) is 3.00. The van der Waals surface area contributed by atoms with Crippen molar-refractivity contribution < 1.29 is 4.39 Å². The Labute approximate surface area is 125 Å². The lowest BCUT2D eigenvalue weighted by Gasteiger charge is -2.07. The van der Waals surface area contributed by atoms with Crippen LogP contribution >= 0.6 is 11.5 Å². The summed E-state index contributed by atoms with van der Waals surface area (Å²) in [6.45, 7) is 0.583. The lowest BCUT2D eigenvalue weighted by Crippen LogP contribution is -1.99. The van der Waals surface area contributed by atoms with Crippen LogP contribution < -0.4 is 11.1 Å². The molecule has 0 amide bonds. The van der Waals surface area contributed by atoms with Crippen LogP contribution in [-0.4, -0.2) is 9.36 Å². The summed E-state index contributed by atoms with van der Waals surface area (Å²) in [7, 11) is 0. The van der Waals surface area contributed by atoms with Crippen LogP contribution in [0.1, 0.15) is 5.56 Å². The van der Waals surface area contributed by atoms with E-state index in [-0.39, 0.29) is 5.82 Å². The van der Waals surface area contributed by atoms with Crippen LogP contribution in [0.3, 0.4) is 0 Å². The van der Waals surface area contributed by atoms with Crippen LogP contribution in [-0.2, 0) is 6.54 Å². The van der Waals surface area contributed by atoms with E-state index in [1.54, 1.807) is 24.5 Å². The summed E-state index contributed by atoms with van der Waals surface area (Å²) in [6.07, 6.45) is 3.44. The topological polar surface area (TPSA) is 63.8 Å². The predicted molar refractivity (Wildman–Crippen MR) is 83.5 cm³/mol. The van der Waals surface area contributed by atoms with Gasteiger partial charge in [-0.3, -0.25) is 4.98 Å². The number of benzene rings is 1. The number of aromatic nitrogens is 2. The summed E-state index contributed by atoms with van der Waals surface area (Å²) in [5, 5.41) is 4.19. The Morgan fingerprint density at radius 1 is 1.10 bits per heavy atom. The number of nitrogens with two attached hydrogens (primary N) is 1. The first-order valence-electron chi connectivity index (χ1n) is 6.38. The maximum atomic E-state index is 12.9. The van der Waals surface area contributed by atoms with Crippen molar-refractivity contribution in [1.29, 1.82) is 0 Å². The molecule has 0 saturated carbocycles. The highest BCUT2D eigenvalue weighted by atomic mass is 32.1. The number of halogens is 1. The Bertz CT molecular complexity index is 725. The van der Waals surface area contributed by atoms with E-state index in [0.29, 0.717) is 12.4 Å². The zero-order valence-corrected chi connectivity index (χ0v) is 11.9. The van der Waals surface area contributed by atoms with Gasteiger partial charge in [-0.2, -0.15) is 4.37 Å². The molecule has 0 saturated heterocycles. The molecular formula is C15H13FN4S. The van der Waals surface area contributed by atoms with E-state index < -0.39 is 0 Å². The number of nitrogen functional groups attached to an aromatic ring is 1. The highest BCUT2D eigenvalue weighted by molar-refractivity contribution is 7.11. The van der Waals surface area contributed by atoms with Gasteiger partial charge in [0.2, 0.25) is 0 Å². The molecule has 0 bridgehead atoms.